The number of nitrogens with two attached hydrogens (primary N) is 1. The molecule has 1 aliphatic carbocycles. The summed E-state index contributed by atoms with van der Waals surface area (Å²) in [6.07, 6.45) is 5.73. The lowest BCUT2D eigenvalue weighted by molar-refractivity contribution is 0.145. The first-order valence-corrected chi connectivity index (χ1v) is 7.76. The van der Waals surface area contributed by atoms with Crippen molar-refractivity contribution in [3.8, 4) is 0 Å². The Hall–Kier alpha value is -0.130. The Morgan fingerprint density at radius 2 is 1.88 bits per heavy atom. The average molecular weight is 246 g/mol. The number of rotatable bonds is 4. The van der Waals surface area contributed by atoms with Crippen LogP contribution in [-0.4, -0.2) is 36.6 Å². The van der Waals surface area contributed by atoms with Gasteiger partial charge in [0.25, 0.3) is 0 Å². The molecule has 0 aromatic rings. The van der Waals surface area contributed by atoms with Gasteiger partial charge >= 0.3 is 0 Å². The fourth-order valence-electron chi connectivity index (χ4n) is 2.89. The molecule has 94 valence electrons. The van der Waals surface area contributed by atoms with E-state index in [0.717, 1.165) is 38.5 Å². The third kappa shape index (κ3) is 2.13. The van der Waals surface area contributed by atoms with Gasteiger partial charge in [-0.3, -0.25) is 0 Å². The van der Waals surface area contributed by atoms with Crippen molar-refractivity contribution < 1.29 is 8.42 Å². The summed E-state index contributed by atoms with van der Waals surface area (Å²) in [5.41, 5.74) is 5.84. The van der Waals surface area contributed by atoms with E-state index in [1.54, 1.807) is 4.31 Å². The number of hydrogen-bond donors (Lipinski definition) is 1. The number of nitrogens with zero attached hydrogens (tertiary/aromatic N) is 1. The van der Waals surface area contributed by atoms with E-state index in [1.807, 2.05) is 0 Å². The van der Waals surface area contributed by atoms with Gasteiger partial charge in [0.05, 0.1) is 5.25 Å². The molecule has 0 unspecified atom stereocenters. The fourth-order valence-corrected chi connectivity index (χ4v) is 5.11. The third-order valence-corrected chi connectivity index (χ3v) is 6.11. The summed E-state index contributed by atoms with van der Waals surface area (Å²) in [4.78, 5) is 0. The van der Waals surface area contributed by atoms with Crippen molar-refractivity contribution in [3.05, 3.63) is 0 Å². The summed E-state index contributed by atoms with van der Waals surface area (Å²) in [5.74, 6) is 0. The number of hydrogen-bond acceptors (Lipinski definition) is 3. The molecule has 0 amide bonds. The van der Waals surface area contributed by atoms with E-state index < -0.39 is 10.0 Å². The molecule has 1 saturated carbocycles. The van der Waals surface area contributed by atoms with E-state index in [-0.39, 0.29) is 10.8 Å². The molecule has 1 aliphatic heterocycles. The molecule has 0 atom stereocenters. The lowest BCUT2D eigenvalue weighted by atomic mass is 9.89. The second kappa shape index (κ2) is 4.27. The van der Waals surface area contributed by atoms with Gasteiger partial charge in [-0.2, -0.15) is 4.31 Å². The number of sulfonamides is 1. The van der Waals surface area contributed by atoms with Gasteiger partial charge in [0.15, 0.2) is 0 Å². The van der Waals surface area contributed by atoms with E-state index in [9.17, 15) is 8.42 Å². The molecule has 4 nitrogen and oxygen atoms in total. The Morgan fingerprint density at radius 1 is 1.31 bits per heavy atom. The van der Waals surface area contributed by atoms with Gasteiger partial charge < -0.3 is 5.73 Å². The smallest absolute Gasteiger partial charge is 0.217 e. The molecule has 0 bridgehead atoms. The van der Waals surface area contributed by atoms with Crippen LogP contribution >= 0.6 is 0 Å². The highest BCUT2D eigenvalue weighted by Crippen LogP contribution is 2.33. The molecule has 2 rings (SSSR count). The third-order valence-electron chi connectivity index (χ3n) is 3.81. The summed E-state index contributed by atoms with van der Waals surface area (Å²) >= 11 is 0. The molecular weight excluding hydrogens is 224 g/mol. The van der Waals surface area contributed by atoms with Gasteiger partial charge in [-0.05, 0) is 19.3 Å². The van der Waals surface area contributed by atoms with Crippen LogP contribution in [0.15, 0.2) is 0 Å². The van der Waals surface area contributed by atoms with Crippen LogP contribution in [0.4, 0.5) is 0 Å². The molecule has 5 heteroatoms. The van der Waals surface area contributed by atoms with Crippen LogP contribution in [0, 0.1) is 0 Å². The zero-order valence-electron chi connectivity index (χ0n) is 9.98. The van der Waals surface area contributed by atoms with Gasteiger partial charge in [0.1, 0.15) is 0 Å². The van der Waals surface area contributed by atoms with Gasteiger partial charge in [-0.25, -0.2) is 8.42 Å². The van der Waals surface area contributed by atoms with Crippen molar-refractivity contribution in [1.82, 2.24) is 4.31 Å². The normalized spacial score (nSPS) is 26.9. The Labute approximate surface area is 98.2 Å². The lowest BCUT2D eigenvalue weighted by Crippen LogP contribution is -2.69. The Bertz CT molecular complexity index is 341. The standard InChI is InChI=1S/C11H22N2O2S/c1-2-7-11(12)8-13(9-11)16(14,15)10-5-3-4-6-10/h10H,2-9,12H2,1H3. The molecule has 0 spiro atoms. The fraction of sp³-hybridized carbons (Fsp3) is 1.00. The van der Waals surface area contributed by atoms with Crippen molar-refractivity contribution >= 4 is 10.0 Å². The SMILES string of the molecule is CCCC1(N)CN(S(=O)(=O)C2CCCC2)C1. The summed E-state index contributed by atoms with van der Waals surface area (Å²) < 4.78 is 26.0. The minimum atomic E-state index is -3.04. The summed E-state index contributed by atoms with van der Waals surface area (Å²) in [6.45, 7) is 3.14. The van der Waals surface area contributed by atoms with Crippen LogP contribution in [0.3, 0.4) is 0 Å². The zero-order chi connectivity index (χ0) is 11.8. The molecule has 1 saturated heterocycles. The van der Waals surface area contributed by atoms with Crippen molar-refractivity contribution in [1.29, 1.82) is 0 Å². The highest BCUT2D eigenvalue weighted by molar-refractivity contribution is 7.89. The predicted octanol–water partition coefficient (Wildman–Crippen LogP) is 1.07. The van der Waals surface area contributed by atoms with Crippen molar-refractivity contribution in [2.24, 2.45) is 5.73 Å². The maximum Gasteiger partial charge on any atom is 0.217 e. The lowest BCUT2D eigenvalue weighted by Gasteiger charge is -2.47. The highest BCUT2D eigenvalue weighted by Gasteiger charge is 2.47. The van der Waals surface area contributed by atoms with E-state index in [2.05, 4.69) is 6.92 Å². The maximum atomic E-state index is 12.2. The van der Waals surface area contributed by atoms with Crippen LogP contribution in [0.1, 0.15) is 45.4 Å². The first-order chi connectivity index (χ1) is 7.48. The molecule has 2 aliphatic rings. The second-order valence-corrected chi connectivity index (χ2v) is 7.54. The zero-order valence-corrected chi connectivity index (χ0v) is 10.8. The molecule has 0 radical (unpaired) electrons. The van der Waals surface area contributed by atoms with Gasteiger partial charge in [0.2, 0.25) is 10.0 Å². The van der Waals surface area contributed by atoms with Gasteiger partial charge in [-0.1, -0.05) is 26.2 Å². The van der Waals surface area contributed by atoms with E-state index >= 15 is 0 Å². The molecule has 1 heterocycles. The van der Waals surface area contributed by atoms with Crippen LogP contribution in [0.25, 0.3) is 0 Å². The van der Waals surface area contributed by atoms with E-state index in [4.69, 9.17) is 5.73 Å². The Kier molecular flexibility index (Phi) is 3.29. The molecule has 0 aromatic carbocycles. The first kappa shape index (κ1) is 12.3. The topological polar surface area (TPSA) is 63.4 Å². The monoisotopic (exact) mass is 246 g/mol. The molecular formula is C11H22N2O2S. The Balaban J connectivity index is 1.95. The summed E-state index contributed by atoms with van der Waals surface area (Å²) in [5, 5.41) is -0.126. The molecule has 16 heavy (non-hydrogen) atoms. The van der Waals surface area contributed by atoms with Gasteiger partial charge in [-0.15, -0.1) is 0 Å². The Morgan fingerprint density at radius 3 is 2.38 bits per heavy atom. The molecule has 2 fully saturated rings. The van der Waals surface area contributed by atoms with Gasteiger partial charge in [0, 0.05) is 18.6 Å². The second-order valence-electron chi connectivity index (χ2n) is 5.33. The minimum Gasteiger partial charge on any atom is -0.323 e. The minimum absolute atomic E-state index is 0.126. The average Bonchev–Trinajstić information content (AvgIpc) is 2.67. The largest absolute Gasteiger partial charge is 0.323 e. The van der Waals surface area contributed by atoms with E-state index in [1.165, 1.54) is 0 Å². The van der Waals surface area contributed by atoms with Crippen molar-refractivity contribution in [3.63, 3.8) is 0 Å². The van der Waals surface area contributed by atoms with E-state index in [0.29, 0.717) is 13.1 Å². The molecule has 2 N–H and O–H groups in total. The van der Waals surface area contributed by atoms with Crippen LogP contribution in [-0.2, 0) is 10.0 Å². The quantitative estimate of drug-likeness (QED) is 0.807. The highest BCUT2D eigenvalue weighted by atomic mass is 32.2. The first-order valence-electron chi connectivity index (χ1n) is 6.26. The van der Waals surface area contributed by atoms with Crippen molar-refractivity contribution in [2.75, 3.05) is 13.1 Å². The summed E-state index contributed by atoms with van der Waals surface area (Å²) in [6, 6.07) is 0. The van der Waals surface area contributed by atoms with Crippen LogP contribution < -0.4 is 5.73 Å². The predicted molar refractivity (Wildman–Crippen MR) is 64.6 cm³/mol. The van der Waals surface area contributed by atoms with Crippen LogP contribution in [0.5, 0.6) is 0 Å². The van der Waals surface area contributed by atoms with Crippen LogP contribution in [0.2, 0.25) is 0 Å². The molecule has 0 aromatic heterocycles. The summed E-state index contributed by atoms with van der Waals surface area (Å²) in [7, 11) is -3.04. The maximum absolute atomic E-state index is 12.2. The van der Waals surface area contributed by atoms with Crippen molar-refractivity contribution in [2.45, 2.75) is 56.2 Å².